The van der Waals surface area contributed by atoms with Gasteiger partial charge in [0.1, 0.15) is 0 Å². The number of nitrogens with zero attached hydrogens (tertiary/aromatic N) is 2. The van der Waals surface area contributed by atoms with Gasteiger partial charge in [0.2, 0.25) is 5.91 Å². The first-order valence-corrected chi connectivity index (χ1v) is 7.34. The molecule has 120 valence electrons. The third-order valence-corrected chi connectivity index (χ3v) is 3.74. The number of hydrogen-bond acceptors (Lipinski definition) is 3. The second-order valence-electron chi connectivity index (χ2n) is 5.74. The normalized spacial score (nSPS) is 17.3. The fraction of sp³-hybridized carbons (Fsp3) is 0.786. The lowest BCUT2D eigenvalue weighted by molar-refractivity contribution is -0.137. The molecular formula is C14H25N3O4. The van der Waals surface area contributed by atoms with Crippen LogP contribution in [0.1, 0.15) is 33.6 Å². The van der Waals surface area contributed by atoms with Crippen molar-refractivity contribution in [2.75, 3.05) is 26.2 Å². The molecule has 7 nitrogen and oxygen atoms in total. The molecule has 2 N–H and O–H groups in total. The summed E-state index contributed by atoms with van der Waals surface area (Å²) in [5.41, 5.74) is 0. The van der Waals surface area contributed by atoms with E-state index in [1.165, 1.54) is 6.92 Å². The molecule has 1 aliphatic heterocycles. The van der Waals surface area contributed by atoms with Crippen LogP contribution in [-0.4, -0.2) is 65.0 Å². The summed E-state index contributed by atoms with van der Waals surface area (Å²) >= 11 is 0. The predicted octanol–water partition coefficient (Wildman–Crippen LogP) is 0.750. The van der Waals surface area contributed by atoms with Crippen LogP contribution in [0.2, 0.25) is 0 Å². The van der Waals surface area contributed by atoms with E-state index in [1.807, 2.05) is 13.8 Å². The Labute approximate surface area is 125 Å². The Morgan fingerprint density at radius 1 is 1.10 bits per heavy atom. The van der Waals surface area contributed by atoms with Gasteiger partial charge in [-0.25, -0.2) is 4.79 Å². The van der Waals surface area contributed by atoms with Gasteiger partial charge in [-0.05, 0) is 12.3 Å². The predicted molar refractivity (Wildman–Crippen MR) is 77.9 cm³/mol. The Kier molecular flexibility index (Phi) is 6.45. The van der Waals surface area contributed by atoms with E-state index in [9.17, 15) is 14.4 Å². The van der Waals surface area contributed by atoms with Crippen LogP contribution in [0.4, 0.5) is 4.79 Å². The van der Waals surface area contributed by atoms with Gasteiger partial charge in [-0.1, -0.05) is 13.8 Å². The fourth-order valence-electron chi connectivity index (χ4n) is 2.33. The van der Waals surface area contributed by atoms with Gasteiger partial charge < -0.3 is 20.2 Å². The lowest BCUT2D eigenvalue weighted by Crippen LogP contribution is -2.48. The van der Waals surface area contributed by atoms with Crippen LogP contribution >= 0.6 is 0 Å². The third-order valence-electron chi connectivity index (χ3n) is 3.74. The monoisotopic (exact) mass is 299 g/mol. The van der Waals surface area contributed by atoms with Crippen molar-refractivity contribution in [3.8, 4) is 0 Å². The highest BCUT2D eigenvalue weighted by Gasteiger charge is 2.24. The second-order valence-corrected chi connectivity index (χ2v) is 5.74. The number of urea groups is 1. The lowest BCUT2D eigenvalue weighted by Gasteiger charge is -2.26. The molecule has 3 amide bonds. The molecule has 1 rings (SSSR count). The van der Waals surface area contributed by atoms with E-state index in [0.717, 1.165) is 6.42 Å². The highest BCUT2D eigenvalue weighted by molar-refractivity contribution is 5.76. The van der Waals surface area contributed by atoms with Gasteiger partial charge in [0.05, 0.1) is 6.42 Å². The van der Waals surface area contributed by atoms with E-state index in [4.69, 9.17) is 5.11 Å². The summed E-state index contributed by atoms with van der Waals surface area (Å²) in [6, 6.07) is -0.637. The molecule has 1 aliphatic rings. The molecule has 0 aromatic carbocycles. The van der Waals surface area contributed by atoms with Crippen LogP contribution in [0.15, 0.2) is 0 Å². The lowest BCUT2D eigenvalue weighted by atomic mass is 10.0. The van der Waals surface area contributed by atoms with Crippen LogP contribution < -0.4 is 5.32 Å². The van der Waals surface area contributed by atoms with Crippen molar-refractivity contribution in [2.24, 2.45) is 5.92 Å². The fourth-order valence-corrected chi connectivity index (χ4v) is 2.33. The van der Waals surface area contributed by atoms with Gasteiger partial charge in [0, 0.05) is 39.1 Å². The molecule has 1 unspecified atom stereocenters. The standard InChI is InChI=1S/C14H25N3O4/c1-10(2)12(9-13(19)20)15-14(21)17-6-4-5-16(7-8-17)11(3)18/h10,12H,4-9H2,1-3H3,(H,15,21)(H,19,20). The number of rotatable bonds is 4. The summed E-state index contributed by atoms with van der Waals surface area (Å²) < 4.78 is 0. The van der Waals surface area contributed by atoms with E-state index in [1.54, 1.807) is 9.80 Å². The van der Waals surface area contributed by atoms with E-state index >= 15 is 0 Å². The number of carbonyl (C=O) groups is 3. The minimum atomic E-state index is -0.923. The molecule has 0 bridgehead atoms. The molecule has 21 heavy (non-hydrogen) atoms. The summed E-state index contributed by atoms with van der Waals surface area (Å²) in [4.78, 5) is 37.8. The Bertz CT molecular complexity index is 398. The maximum atomic E-state index is 12.2. The largest absolute Gasteiger partial charge is 0.481 e. The van der Waals surface area contributed by atoms with Crippen molar-refractivity contribution in [3.63, 3.8) is 0 Å². The van der Waals surface area contributed by atoms with Crippen LogP contribution in [0, 0.1) is 5.92 Å². The van der Waals surface area contributed by atoms with Gasteiger partial charge in [0.15, 0.2) is 0 Å². The molecule has 1 fully saturated rings. The Balaban J connectivity index is 2.57. The molecule has 1 heterocycles. The van der Waals surface area contributed by atoms with Crippen LogP contribution in [0.25, 0.3) is 0 Å². The van der Waals surface area contributed by atoms with Crippen molar-refractivity contribution in [2.45, 2.75) is 39.7 Å². The smallest absolute Gasteiger partial charge is 0.317 e. The molecule has 0 aromatic rings. The summed E-state index contributed by atoms with van der Waals surface area (Å²) in [6.45, 7) is 7.52. The molecule has 7 heteroatoms. The Morgan fingerprint density at radius 2 is 1.67 bits per heavy atom. The average Bonchev–Trinajstić information content (AvgIpc) is 2.62. The van der Waals surface area contributed by atoms with Crippen LogP contribution in [-0.2, 0) is 9.59 Å². The topological polar surface area (TPSA) is 90.0 Å². The minimum Gasteiger partial charge on any atom is -0.481 e. The molecule has 1 atom stereocenters. The number of nitrogens with one attached hydrogen (secondary N) is 1. The molecule has 0 spiro atoms. The zero-order valence-electron chi connectivity index (χ0n) is 13.0. The number of aliphatic carboxylic acids is 1. The number of carboxylic acid groups (broad SMARTS) is 1. The SMILES string of the molecule is CC(=O)N1CCCN(C(=O)NC(CC(=O)O)C(C)C)CC1. The molecule has 0 aromatic heterocycles. The molecule has 1 saturated heterocycles. The van der Waals surface area contributed by atoms with Gasteiger partial charge in [-0.15, -0.1) is 0 Å². The summed E-state index contributed by atoms with van der Waals surface area (Å²) in [6.07, 6.45) is 0.648. The number of carbonyl (C=O) groups excluding carboxylic acids is 2. The number of amides is 3. The van der Waals surface area contributed by atoms with Crippen molar-refractivity contribution in [3.05, 3.63) is 0 Å². The zero-order chi connectivity index (χ0) is 16.0. The minimum absolute atomic E-state index is 0.0168. The van der Waals surface area contributed by atoms with E-state index in [0.29, 0.717) is 26.2 Å². The average molecular weight is 299 g/mol. The van der Waals surface area contributed by atoms with E-state index in [2.05, 4.69) is 5.32 Å². The molecule has 0 radical (unpaired) electrons. The quantitative estimate of drug-likeness (QED) is 0.801. The first-order chi connectivity index (χ1) is 9.81. The van der Waals surface area contributed by atoms with Gasteiger partial charge in [-0.3, -0.25) is 9.59 Å². The highest BCUT2D eigenvalue weighted by atomic mass is 16.4. The van der Waals surface area contributed by atoms with Gasteiger partial charge >= 0.3 is 12.0 Å². The van der Waals surface area contributed by atoms with Gasteiger partial charge in [0.25, 0.3) is 0 Å². The van der Waals surface area contributed by atoms with Crippen molar-refractivity contribution in [1.82, 2.24) is 15.1 Å². The number of carboxylic acids is 1. The maximum Gasteiger partial charge on any atom is 0.317 e. The third kappa shape index (κ3) is 5.61. The van der Waals surface area contributed by atoms with Crippen molar-refractivity contribution >= 4 is 17.9 Å². The summed E-state index contributed by atoms with van der Waals surface area (Å²) in [7, 11) is 0. The van der Waals surface area contributed by atoms with E-state index in [-0.39, 0.29) is 30.3 Å². The first kappa shape index (κ1) is 17.3. The second kappa shape index (κ2) is 7.85. The van der Waals surface area contributed by atoms with Crippen molar-refractivity contribution < 1.29 is 19.5 Å². The van der Waals surface area contributed by atoms with Crippen molar-refractivity contribution in [1.29, 1.82) is 0 Å². The van der Waals surface area contributed by atoms with Crippen LogP contribution in [0.3, 0.4) is 0 Å². The maximum absolute atomic E-state index is 12.2. The molecule has 0 saturated carbocycles. The Hall–Kier alpha value is -1.79. The zero-order valence-corrected chi connectivity index (χ0v) is 13.0. The van der Waals surface area contributed by atoms with Crippen LogP contribution in [0.5, 0.6) is 0 Å². The number of hydrogen-bond donors (Lipinski definition) is 2. The first-order valence-electron chi connectivity index (χ1n) is 7.34. The summed E-state index contributed by atoms with van der Waals surface area (Å²) in [5.74, 6) is -0.860. The Morgan fingerprint density at radius 3 is 2.19 bits per heavy atom. The van der Waals surface area contributed by atoms with E-state index < -0.39 is 5.97 Å². The molecular weight excluding hydrogens is 274 g/mol. The molecule has 0 aliphatic carbocycles. The van der Waals surface area contributed by atoms with Gasteiger partial charge in [-0.2, -0.15) is 0 Å². The summed E-state index contributed by atoms with van der Waals surface area (Å²) in [5, 5.41) is 11.7. The highest BCUT2D eigenvalue weighted by Crippen LogP contribution is 2.09.